The van der Waals surface area contributed by atoms with Crippen molar-refractivity contribution < 1.29 is 9.26 Å². The number of ether oxygens (including phenoxy) is 1. The molecule has 6 nitrogen and oxygen atoms in total. The van der Waals surface area contributed by atoms with Gasteiger partial charge in [0.05, 0.1) is 19.2 Å². The molecule has 1 aromatic carbocycles. The Morgan fingerprint density at radius 3 is 2.67 bits per heavy atom. The molecule has 3 aromatic rings. The maximum Gasteiger partial charge on any atom is 0.232 e. The van der Waals surface area contributed by atoms with Crippen LogP contribution in [0.25, 0.3) is 0 Å². The van der Waals surface area contributed by atoms with Crippen molar-refractivity contribution in [1.82, 2.24) is 15.1 Å². The van der Waals surface area contributed by atoms with Gasteiger partial charge in [-0.25, -0.2) is 4.98 Å². The Kier molecular flexibility index (Phi) is 3.83. The molecule has 2 N–H and O–H groups in total. The molecule has 108 valence electrons. The summed E-state index contributed by atoms with van der Waals surface area (Å²) in [6, 6.07) is 7.79. The first-order valence-corrected chi connectivity index (χ1v) is 7.25. The van der Waals surface area contributed by atoms with E-state index in [4.69, 9.17) is 15.0 Å². The molecule has 21 heavy (non-hydrogen) atoms. The summed E-state index contributed by atoms with van der Waals surface area (Å²) in [4.78, 5) is 8.54. The van der Waals surface area contributed by atoms with Gasteiger partial charge in [-0.1, -0.05) is 17.3 Å². The van der Waals surface area contributed by atoms with E-state index < -0.39 is 0 Å². The molecule has 0 unspecified atom stereocenters. The number of hydrogen-bond donors (Lipinski definition) is 1. The lowest BCUT2D eigenvalue weighted by Gasteiger charge is -2.00. The first-order valence-electron chi connectivity index (χ1n) is 6.37. The fraction of sp³-hybridized carbons (Fsp3) is 0.214. The minimum Gasteiger partial charge on any atom is -0.497 e. The maximum atomic E-state index is 5.59. The molecule has 7 heteroatoms. The number of aromatic nitrogens is 3. The largest absolute Gasteiger partial charge is 0.497 e. The Balaban J connectivity index is 1.66. The van der Waals surface area contributed by atoms with Gasteiger partial charge in [-0.05, 0) is 17.7 Å². The van der Waals surface area contributed by atoms with Gasteiger partial charge in [0.15, 0.2) is 11.0 Å². The lowest BCUT2D eigenvalue weighted by atomic mass is 10.1. The van der Waals surface area contributed by atoms with Crippen LogP contribution in [0.2, 0.25) is 0 Å². The first-order chi connectivity index (χ1) is 10.2. The summed E-state index contributed by atoms with van der Waals surface area (Å²) in [5.74, 6) is 2.02. The number of hydrogen-bond acceptors (Lipinski definition) is 7. The zero-order valence-corrected chi connectivity index (χ0v) is 12.3. The van der Waals surface area contributed by atoms with Crippen molar-refractivity contribution in [1.29, 1.82) is 0 Å². The highest BCUT2D eigenvalue weighted by molar-refractivity contribution is 7.13. The van der Waals surface area contributed by atoms with E-state index in [0.717, 1.165) is 17.0 Å². The molecule has 0 spiro atoms. The molecule has 0 radical (unpaired) electrons. The second-order valence-electron chi connectivity index (χ2n) is 4.48. The molecule has 0 bridgehead atoms. The fourth-order valence-electron chi connectivity index (χ4n) is 1.92. The highest BCUT2D eigenvalue weighted by Gasteiger charge is 2.10. The molecule has 3 rings (SSSR count). The summed E-state index contributed by atoms with van der Waals surface area (Å²) in [6.45, 7) is 0. The molecule has 0 aliphatic rings. The SMILES string of the molecule is COc1ccc(Cc2noc(Cc3csc(N)n3)n2)cc1. The number of benzene rings is 1. The Labute approximate surface area is 125 Å². The van der Waals surface area contributed by atoms with Crippen molar-refractivity contribution in [2.45, 2.75) is 12.8 Å². The zero-order valence-electron chi connectivity index (χ0n) is 11.4. The average molecular weight is 302 g/mol. The molecule has 0 aliphatic heterocycles. The van der Waals surface area contributed by atoms with Gasteiger partial charge in [-0.2, -0.15) is 4.98 Å². The van der Waals surface area contributed by atoms with Crippen LogP contribution in [0, 0.1) is 0 Å². The Morgan fingerprint density at radius 1 is 1.19 bits per heavy atom. The zero-order chi connectivity index (χ0) is 14.7. The molecule has 0 saturated heterocycles. The molecule has 0 saturated carbocycles. The van der Waals surface area contributed by atoms with Gasteiger partial charge in [-0.15, -0.1) is 11.3 Å². The third kappa shape index (κ3) is 3.38. The van der Waals surface area contributed by atoms with E-state index in [1.54, 1.807) is 7.11 Å². The smallest absolute Gasteiger partial charge is 0.232 e. The number of anilines is 1. The number of nitrogen functional groups attached to an aromatic ring is 1. The lowest BCUT2D eigenvalue weighted by Crippen LogP contribution is -1.93. The molecular formula is C14H14N4O2S. The number of rotatable bonds is 5. The number of thiazole rings is 1. The minimum atomic E-state index is 0.503. The summed E-state index contributed by atoms with van der Waals surface area (Å²) in [6.07, 6.45) is 1.12. The lowest BCUT2D eigenvalue weighted by molar-refractivity contribution is 0.379. The van der Waals surface area contributed by atoms with Crippen molar-refractivity contribution >= 4 is 16.5 Å². The quantitative estimate of drug-likeness (QED) is 0.778. The van der Waals surface area contributed by atoms with E-state index >= 15 is 0 Å². The highest BCUT2D eigenvalue weighted by atomic mass is 32.1. The summed E-state index contributed by atoms with van der Waals surface area (Å²) in [7, 11) is 1.64. The molecule has 2 heterocycles. The van der Waals surface area contributed by atoms with E-state index in [1.807, 2.05) is 29.6 Å². The second-order valence-corrected chi connectivity index (χ2v) is 5.37. The predicted molar refractivity (Wildman–Crippen MR) is 79.4 cm³/mol. The van der Waals surface area contributed by atoms with Crippen molar-refractivity contribution in [2.24, 2.45) is 0 Å². The summed E-state index contributed by atoms with van der Waals surface area (Å²) in [5, 5.41) is 6.42. The van der Waals surface area contributed by atoms with Gasteiger partial charge in [-0.3, -0.25) is 0 Å². The summed E-state index contributed by atoms with van der Waals surface area (Å²) < 4.78 is 10.4. The molecule has 2 aromatic heterocycles. The Morgan fingerprint density at radius 2 is 2.00 bits per heavy atom. The van der Waals surface area contributed by atoms with E-state index in [2.05, 4.69) is 15.1 Å². The standard InChI is InChI=1S/C14H14N4O2S/c1-19-11-4-2-9(3-5-11)6-12-17-13(20-18-12)7-10-8-21-14(15)16-10/h2-5,8H,6-7H2,1H3,(H2,15,16). The van der Waals surface area contributed by atoms with Crippen LogP contribution in [0.5, 0.6) is 5.75 Å². The number of nitrogens with two attached hydrogens (primary N) is 1. The van der Waals surface area contributed by atoms with Crippen molar-refractivity contribution in [3.05, 3.63) is 52.6 Å². The van der Waals surface area contributed by atoms with Gasteiger partial charge in [0, 0.05) is 11.8 Å². The monoisotopic (exact) mass is 302 g/mol. The average Bonchev–Trinajstić information content (AvgIpc) is 3.09. The van der Waals surface area contributed by atoms with Gasteiger partial charge < -0.3 is 15.0 Å². The maximum absolute atomic E-state index is 5.59. The molecule has 0 fully saturated rings. The number of nitrogens with zero attached hydrogens (tertiary/aromatic N) is 3. The van der Waals surface area contributed by atoms with Gasteiger partial charge in [0.1, 0.15) is 5.75 Å². The normalized spacial score (nSPS) is 10.7. The van der Waals surface area contributed by atoms with Crippen LogP contribution in [0.3, 0.4) is 0 Å². The first kappa shape index (κ1) is 13.6. The predicted octanol–water partition coefficient (Wildman–Crippen LogP) is 2.30. The number of methoxy groups -OCH3 is 1. The minimum absolute atomic E-state index is 0.503. The molecule has 0 atom stereocenters. The van der Waals surface area contributed by atoms with E-state index in [0.29, 0.717) is 29.7 Å². The third-order valence-electron chi connectivity index (χ3n) is 2.93. The molecule has 0 aliphatic carbocycles. The molecule has 0 amide bonds. The van der Waals surface area contributed by atoms with Crippen LogP contribution in [0.15, 0.2) is 34.2 Å². The summed E-state index contributed by atoms with van der Waals surface area (Å²) in [5.41, 5.74) is 7.54. The van der Waals surface area contributed by atoms with Crippen molar-refractivity contribution in [3.8, 4) is 5.75 Å². The molecular weight excluding hydrogens is 288 g/mol. The van der Waals surface area contributed by atoms with E-state index in [1.165, 1.54) is 11.3 Å². The van der Waals surface area contributed by atoms with Crippen molar-refractivity contribution in [2.75, 3.05) is 12.8 Å². The fourth-order valence-corrected chi connectivity index (χ4v) is 2.48. The van der Waals surface area contributed by atoms with Crippen LogP contribution < -0.4 is 10.5 Å². The van der Waals surface area contributed by atoms with Gasteiger partial charge in [0.2, 0.25) is 5.89 Å². The van der Waals surface area contributed by atoms with E-state index in [9.17, 15) is 0 Å². The topological polar surface area (TPSA) is 87.1 Å². The van der Waals surface area contributed by atoms with Gasteiger partial charge in [0.25, 0.3) is 0 Å². The van der Waals surface area contributed by atoms with E-state index in [-0.39, 0.29) is 0 Å². The van der Waals surface area contributed by atoms with Crippen LogP contribution >= 0.6 is 11.3 Å². The third-order valence-corrected chi connectivity index (χ3v) is 3.66. The highest BCUT2D eigenvalue weighted by Crippen LogP contribution is 2.16. The van der Waals surface area contributed by atoms with Gasteiger partial charge >= 0.3 is 0 Å². The second kappa shape index (κ2) is 5.92. The van der Waals surface area contributed by atoms with Crippen LogP contribution in [-0.2, 0) is 12.8 Å². The van der Waals surface area contributed by atoms with Crippen LogP contribution in [0.4, 0.5) is 5.13 Å². The van der Waals surface area contributed by atoms with Crippen LogP contribution in [0.1, 0.15) is 23.0 Å². The van der Waals surface area contributed by atoms with Crippen molar-refractivity contribution in [3.63, 3.8) is 0 Å². The Bertz CT molecular complexity index is 721. The Hall–Kier alpha value is -2.41. The van der Waals surface area contributed by atoms with Crippen LogP contribution in [-0.4, -0.2) is 22.2 Å². The summed E-state index contributed by atoms with van der Waals surface area (Å²) >= 11 is 1.40.